The average Bonchev–Trinajstić information content (AvgIpc) is 3.10. The number of piperidine rings is 1. The predicted molar refractivity (Wildman–Crippen MR) is 96.0 cm³/mol. The van der Waals surface area contributed by atoms with Crippen molar-refractivity contribution >= 4 is 6.09 Å². The smallest absolute Gasteiger partial charge is 0.407 e. The standard InChI is InChI=1S/C20H29FN2O2/c1-20(14-9-11-22-12-10-14,15-5-3-6-16(21)13-15)17-7-4-8-18(17)23-19(24)25-2/h3,5-6,13-14,17-18,22H,4,7-12H2,1-2H3,(H,23,24)/t17-,18-,20-/m0/s1. The normalized spacial score (nSPS) is 26.8. The fourth-order valence-corrected chi connectivity index (χ4v) is 5.06. The highest BCUT2D eigenvalue weighted by Gasteiger charge is 2.48. The van der Waals surface area contributed by atoms with Crippen LogP contribution in [0.2, 0.25) is 0 Å². The van der Waals surface area contributed by atoms with Crippen LogP contribution in [0.25, 0.3) is 0 Å². The highest BCUT2D eigenvalue weighted by Crippen LogP contribution is 2.49. The highest BCUT2D eigenvalue weighted by molar-refractivity contribution is 5.67. The third-order valence-corrected chi connectivity index (χ3v) is 6.41. The number of hydrogen-bond donors (Lipinski definition) is 2. The summed E-state index contributed by atoms with van der Waals surface area (Å²) in [6.45, 7) is 4.27. The van der Waals surface area contributed by atoms with E-state index in [9.17, 15) is 9.18 Å². The maximum absolute atomic E-state index is 14.0. The molecule has 1 saturated heterocycles. The molecular weight excluding hydrogens is 319 g/mol. The van der Waals surface area contributed by atoms with Crippen LogP contribution < -0.4 is 10.6 Å². The zero-order valence-electron chi connectivity index (χ0n) is 15.2. The van der Waals surface area contributed by atoms with Gasteiger partial charge in [-0.3, -0.25) is 0 Å². The van der Waals surface area contributed by atoms with Crippen LogP contribution in [0.3, 0.4) is 0 Å². The molecule has 3 atom stereocenters. The molecule has 1 heterocycles. The zero-order chi connectivity index (χ0) is 17.9. The summed E-state index contributed by atoms with van der Waals surface area (Å²) in [5.74, 6) is 0.574. The lowest BCUT2D eigenvalue weighted by Crippen LogP contribution is -2.51. The van der Waals surface area contributed by atoms with Gasteiger partial charge in [0.05, 0.1) is 7.11 Å². The molecule has 1 amide bonds. The number of alkyl carbamates (subject to hydrolysis) is 1. The van der Waals surface area contributed by atoms with Gasteiger partial charge in [0.25, 0.3) is 0 Å². The molecule has 4 nitrogen and oxygen atoms in total. The third kappa shape index (κ3) is 3.66. The number of rotatable bonds is 4. The summed E-state index contributed by atoms with van der Waals surface area (Å²) in [5, 5.41) is 6.47. The van der Waals surface area contributed by atoms with Crippen LogP contribution in [0, 0.1) is 17.7 Å². The second kappa shape index (κ2) is 7.73. The van der Waals surface area contributed by atoms with Gasteiger partial charge in [-0.1, -0.05) is 25.5 Å². The van der Waals surface area contributed by atoms with E-state index in [-0.39, 0.29) is 29.3 Å². The van der Waals surface area contributed by atoms with Gasteiger partial charge in [-0.2, -0.15) is 0 Å². The number of carbonyl (C=O) groups excluding carboxylic acids is 1. The topological polar surface area (TPSA) is 50.4 Å². The van der Waals surface area contributed by atoms with Gasteiger partial charge in [0, 0.05) is 11.5 Å². The zero-order valence-corrected chi connectivity index (χ0v) is 15.2. The van der Waals surface area contributed by atoms with Gasteiger partial charge < -0.3 is 15.4 Å². The van der Waals surface area contributed by atoms with Crippen LogP contribution in [-0.2, 0) is 10.2 Å². The molecule has 1 aromatic rings. The van der Waals surface area contributed by atoms with E-state index >= 15 is 0 Å². The summed E-state index contributed by atoms with van der Waals surface area (Å²) < 4.78 is 18.8. The highest BCUT2D eigenvalue weighted by atomic mass is 19.1. The molecule has 0 spiro atoms. The SMILES string of the molecule is COC(=O)N[C@H]1CCC[C@@H]1[C@](C)(c1cccc(F)c1)C1CCNCC1. The molecule has 5 heteroatoms. The summed E-state index contributed by atoms with van der Waals surface area (Å²) in [7, 11) is 1.40. The Bertz CT molecular complexity index is 603. The Balaban J connectivity index is 1.96. The van der Waals surface area contributed by atoms with Crippen molar-refractivity contribution in [3.63, 3.8) is 0 Å². The first-order valence-electron chi connectivity index (χ1n) is 9.37. The van der Waals surface area contributed by atoms with Crippen molar-refractivity contribution in [1.82, 2.24) is 10.6 Å². The van der Waals surface area contributed by atoms with Gasteiger partial charge in [-0.25, -0.2) is 9.18 Å². The first kappa shape index (κ1) is 18.2. The van der Waals surface area contributed by atoms with Gasteiger partial charge in [0.2, 0.25) is 0 Å². The number of amides is 1. The largest absolute Gasteiger partial charge is 0.453 e. The van der Waals surface area contributed by atoms with Crippen molar-refractivity contribution in [3.8, 4) is 0 Å². The number of methoxy groups -OCH3 is 1. The second-order valence-electron chi connectivity index (χ2n) is 7.60. The Morgan fingerprint density at radius 1 is 1.28 bits per heavy atom. The Kier molecular flexibility index (Phi) is 5.62. The molecule has 2 fully saturated rings. The molecule has 25 heavy (non-hydrogen) atoms. The van der Waals surface area contributed by atoms with Crippen LogP contribution in [0.1, 0.15) is 44.6 Å². The van der Waals surface area contributed by atoms with E-state index in [2.05, 4.69) is 23.6 Å². The van der Waals surface area contributed by atoms with Crippen LogP contribution >= 0.6 is 0 Å². The summed E-state index contributed by atoms with van der Waals surface area (Å²) in [4.78, 5) is 11.8. The number of benzene rings is 1. The van der Waals surface area contributed by atoms with E-state index in [0.29, 0.717) is 5.92 Å². The molecule has 1 aliphatic heterocycles. The van der Waals surface area contributed by atoms with Crippen LogP contribution in [0.5, 0.6) is 0 Å². The lowest BCUT2D eigenvalue weighted by atomic mass is 9.59. The van der Waals surface area contributed by atoms with Gasteiger partial charge in [0.1, 0.15) is 5.82 Å². The minimum absolute atomic E-state index is 0.0793. The van der Waals surface area contributed by atoms with Gasteiger partial charge in [0.15, 0.2) is 0 Å². The fraction of sp³-hybridized carbons (Fsp3) is 0.650. The minimum atomic E-state index is -0.371. The summed E-state index contributed by atoms with van der Waals surface area (Å²) >= 11 is 0. The predicted octanol–water partition coefficient (Wildman–Crippen LogP) is 3.61. The van der Waals surface area contributed by atoms with E-state index in [1.807, 2.05) is 6.07 Å². The number of carbonyl (C=O) groups is 1. The van der Waals surface area contributed by atoms with E-state index in [1.54, 1.807) is 6.07 Å². The van der Waals surface area contributed by atoms with Crippen LogP contribution in [-0.4, -0.2) is 32.3 Å². The lowest BCUT2D eigenvalue weighted by molar-refractivity contribution is 0.122. The molecule has 0 unspecified atom stereocenters. The Labute approximate surface area is 149 Å². The second-order valence-corrected chi connectivity index (χ2v) is 7.60. The van der Waals surface area contributed by atoms with Crippen molar-refractivity contribution in [1.29, 1.82) is 0 Å². The molecule has 3 rings (SSSR count). The van der Waals surface area contributed by atoms with E-state index in [0.717, 1.165) is 50.8 Å². The molecule has 0 radical (unpaired) electrons. The quantitative estimate of drug-likeness (QED) is 0.874. The first-order valence-corrected chi connectivity index (χ1v) is 9.37. The minimum Gasteiger partial charge on any atom is -0.453 e. The molecule has 2 N–H and O–H groups in total. The molecule has 1 saturated carbocycles. The van der Waals surface area contributed by atoms with Crippen molar-refractivity contribution in [2.45, 2.75) is 50.5 Å². The van der Waals surface area contributed by atoms with Crippen molar-refractivity contribution in [2.24, 2.45) is 11.8 Å². The molecule has 2 aliphatic rings. The van der Waals surface area contributed by atoms with Crippen molar-refractivity contribution in [2.75, 3.05) is 20.2 Å². The third-order valence-electron chi connectivity index (χ3n) is 6.41. The summed E-state index contributed by atoms with van der Waals surface area (Å²) in [6, 6.07) is 7.14. The van der Waals surface area contributed by atoms with E-state index in [4.69, 9.17) is 4.74 Å². The Hall–Kier alpha value is -1.62. The van der Waals surface area contributed by atoms with Gasteiger partial charge in [-0.05, 0) is 68.3 Å². The summed E-state index contributed by atoms with van der Waals surface area (Å²) in [6.07, 6.45) is 4.86. The summed E-state index contributed by atoms with van der Waals surface area (Å²) in [5.41, 5.74) is 0.898. The van der Waals surface area contributed by atoms with Crippen molar-refractivity contribution < 1.29 is 13.9 Å². The Morgan fingerprint density at radius 2 is 2.04 bits per heavy atom. The van der Waals surface area contributed by atoms with Gasteiger partial charge >= 0.3 is 6.09 Å². The van der Waals surface area contributed by atoms with E-state index < -0.39 is 0 Å². The number of hydrogen-bond acceptors (Lipinski definition) is 3. The number of nitrogens with one attached hydrogen (secondary N) is 2. The maximum atomic E-state index is 14.0. The molecule has 138 valence electrons. The van der Waals surface area contributed by atoms with Crippen LogP contribution in [0.15, 0.2) is 24.3 Å². The van der Waals surface area contributed by atoms with Crippen LogP contribution in [0.4, 0.5) is 9.18 Å². The molecule has 0 bridgehead atoms. The average molecular weight is 348 g/mol. The molecule has 1 aromatic carbocycles. The number of ether oxygens (including phenoxy) is 1. The molecule has 0 aromatic heterocycles. The maximum Gasteiger partial charge on any atom is 0.407 e. The lowest BCUT2D eigenvalue weighted by Gasteiger charge is -2.47. The molecule has 1 aliphatic carbocycles. The first-order chi connectivity index (χ1) is 12.1. The molecular formula is C20H29FN2O2. The fourth-order valence-electron chi connectivity index (χ4n) is 5.06. The monoisotopic (exact) mass is 348 g/mol. The van der Waals surface area contributed by atoms with Crippen molar-refractivity contribution in [3.05, 3.63) is 35.6 Å². The van der Waals surface area contributed by atoms with E-state index in [1.165, 1.54) is 13.2 Å². The Morgan fingerprint density at radius 3 is 2.72 bits per heavy atom. The number of halogens is 1. The van der Waals surface area contributed by atoms with Gasteiger partial charge in [-0.15, -0.1) is 0 Å².